The van der Waals surface area contributed by atoms with Gasteiger partial charge >= 0.3 is 0 Å². The average Bonchev–Trinajstić information content (AvgIpc) is 2.79. The Hall–Kier alpha value is -1.99. The number of ether oxygens (including phenoxy) is 2. The van der Waals surface area contributed by atoms with Gasteiger partial charge in [0.05, 0.1) is 6.16 Å². The van der Waals surface area contributed by atoms with E-state index in [1.54, 1.807) is 0 Å². The molecule has 3 rings (SSSR count). The summed E-state index contributed by atoms with van der Waals surface area (Å²) in [5, 5.41) is 4.30. The van der Waals surface area contributed by atoms with E-state index in [0.29, 0.717) is 13.2 Å². The van der Waals surface area contributed by atoms with E-state index >= 15 is 0 Å². The molecule has 0 amide bonds. The Kier molecular flexibility index (Phi) is 8.43. The molecule has 0 bridgehead atoms. The molecule has 3 heteroatoms. The molecular weight excluding hydrogens is 375 g/mol. The Balaban J connectivity index is 2.01. The molecule has 0 saturated heterocycles. The van der Waals surface area contributed by atoms with Gasteiger partial charge in [0.1, 0.15) is 23.2 Å². The van der Waals surface area contributed by atoms with Crippen LogP contribution in [0.2, 0.25) is 0 Å². The van der Waals surface area contributed by atoms with Crippen molar-refractivity contribution in [2.75, 3.05) is 19.4 Å². The first-order valence-corrected chi connectivity index (χ1v) is 12.6. The molecule has 0 saturated carbocycles. The van der Waals surface area contributed by atoms with Gasteiger partial charge in [0.25, 0.3) is 0 Å². The fourth-order valence-electron chi connectivity index (χ4n) is 3.96. The van der Waals surface area contributed by atoms with Crippen LogP contribution in [0, 0.1) is 0 Å². The highest BCUT2D eigenvalue weighted by atomic mass is 31.2. The lowest BCUT2D eigenvalue weighted by atomic mass is 10.3. The van der Waals surface area contributed by atoms with Crippen LogP contribution in [0.3, 0.4) is 0 Å². The maximum atomic E-state index is 5.80. The van der Waals surface area contributed by atoms with Crippen molar-refractivity contribution >= 4 is 23.2 Å². The third-order valence-corrected chi connectivity index (χ3v) is 9.76. The molecule has 0 aromatic heterocycles. The summed E-state index contributed by atoms with van der Waals surface area (Å²) in [5.74, 6) is 0. The molecule has 0 atom stereocenters. The minimum atomic E-state index is -1.76. The maximum absolute atomic E-state index is 5.80. The number of hydrogen-bond acceptors (Lipinski definition) is 2. The standard InChI is InChI=1S/C26H32O2P/c1-3-27-26(28-4-2)21-14-22-29(23-15-8-5-9-16-23,24-17-10-6-11-18-24)25-19-12-7-13-20-25/h5-13,15-20,26H,3-4,14,21-22H2,1-2H3/q+1. The predicted octanol–water partition coefficient (Wildman–Crippen LogP) is 5.16. The van der Waals surface area contributed by atoms with E-state index in [0.717, 1.165) is 19.0 Å². The van der Waals surface area contributed by atoms with Crippen LogP contribution in [-0.4, -0.2) is 25.7 Å². The first-order chi connectivity index (χ1) is 14.3. The van der Waals surface area contributed by atoms with E-state index in [2.05, 4.69) is 91.0 Å². The minimum Gasteiger partial charge on any atom is -0.353 e. The third-order valence-electron chi connectivity index (χ3n) is 5.23. The van der Waals surface area contributed by atoms with Gasteiger partial charge in [0.15, 0.2) is 6.29 Å². The molecule has 3 aromatic rings. The van der Waals surface area contributed by atoms with Crippen molar-refractivity contribution in [3.63, 3.8) is 0 Å². The van der Waals surface area contributed by atoms with E-state index in [1.807, 2.05) is 13.8 Å². The summed E-state index contributed by atoms with van der Waals surface area (Å²) in [6.45, 7) is 5.42. The molecule has 0 fully saturated rings. The summed E-state index contributed by atoms with van der Waals surface area (Å²) in [5.41, 5.74) is 0. The summed E-state index contributed by atoms with van der Waals surface area (Å²) in [7, 11) is -1.76. The second-order valence-corrected chi connectivity index (χ2v) is 10.6. The summed E-state index contributed by atoms with van der Waals surface area (Å²) in [6, 6.07) is 33.1. The molecule has 29 heavy (non-hydrogen) atoms. The summed E-state index contributed by atoms with van der Waals surface area (Å²) < 4.78 is 11.6. The van der Waals surface area contributed by atoms with Crippen LogP contribution in [-0.2, 0) is 9.47 Å². The molecular formula is C26H32O2P+. The largest absolute Gasteiger partial charge is 0.353 e. The molecule has 2 nitrogen and oxygen atoms in total. The molecule has 0 unspecified atom stereocenters. The average molecular weight is 408 g/mol. The first-order valence-electron chi connectivity index (χ1n) is 10.6. The van der Waals surface area contributed by atoms with Gasteiger partial charge in [0.2, 0.25) is 0 Å². The van der Waals surface area contributed by atoms with E-state index in [9.17, 15) is 0 Å². The van der Waals surface area contributed by atoms with Crippen molar-refractivity contribution < 1.29 is 9.47 Å². The van der Waals surface area contributed by atoms with Gasteiger partial charge in [-0.05, 0) is 56.7 Å². The number of rotatable bonds is 11. The van der Waals surface area contributed by atoms with Crippen LogP contribution in [0.1, 0.15) is 26.7 Å². The van der Waals surface area contributed by atoms with Gasteiger partial charge in [-0.2, -0.15) is 0 Å². The number of benzene rings is 3. The summed E-state index contributed by atoms with van der Waals surface area (Å²) >= 11 is 0. The molecule has 0 aliphatic rings. The van der Waals surface area contributed by atoms with Crippen molar-refractivity contribution in [2.45, 2.75) is 33.0 Å². The summed E-state index contributed by atoms with van der Waals surface area (Å²) in [6.07, 6.45) is 2.95. The monoisotopic (exact) mass is 407 g/mol. The van der Waals surface area contributed by atoms with Crippen molar-refractivity contribution in [3.8, 4) is 0 Å². The fourth-order valence-corrected chi connectivity index (χ4v) is 8.33. The molecule has 0 aliphatic heterocycles. The Morgan fingerprint density at radius 1 is 0.621 bits per heavy atom. The van der Waals surface area contributed by atoms with Crippen LogP contribution in [0.25, 0.3) is 0 Å². The lowest BCUT2D eigenvalue weighted by Gasteiger charge is -2.28. The van der Waals surface area contributed by atoms with Gasteiger partial charge in [-0.25, -0.2) is 0 Å². The van der Waals surface area contributed by atoms with Crippen molar-refractivity contribution in [1.29, 1.82) is 0 Å². The maximum Gasteiger partial charge on any atom is 0.157 e. The topological polar surface area (TPSA) is 18.5 Å². The van der Waals surface area contributed by atoms with Crippen LogP contribution in [0.15, 0.2) is 91.0 Å². The molecule has 152 valence electrons. The molecule has 3 aromatic carbocycles. The molecule has 0 aliphatic carbocycles. The van der Waals surface area contributed by atoms with Gasteiger partial charge in [0, 0.05) is 19.6 Å². The molecule has 0 N–H and O–H groups in total. The second kappa shape index (κ2) is 11.3. The van der Waals surface area contributed by atoms with Gasteiger partial charge < -0.3 is 9.47 Å². The third kappa shape index (κ3) is 5.34. The van der Waals surface area contributed by atoms with E-state index in [1.165, 1.54) is 15.9 Å². The zero-order chi connectivity index (χ0) is 20.4. The SMILES string of the molecule is CCOC(CCC[P+](c1ccccc1)(c1ccccc1)c1ccccc1)OCC. The van der Waals surface area contributed by atoms with Crippen molar-refractivity contribution in [1.82, 2.24) is 0 Å². The Morgan fingerprint density at radius 2 is 1.00 bits per heavy atom. The smallest absolute Gasteiger partial charge is 0.157 e. The lowest BCUT2D eigenvalue weighted by Crippen LogP contribution is -2.33. The highest BCUT2D eigenvalue weighted by Crippen LogP contribution is 2.56. The van der Waals surface area contributed by atoms with E-state index in [-0.39, 0.29) is 6.29 Å². The lowest BCUT2D eigenvalue weighted by molar-refractivity contribution is -0.139. The van der Waals surface area contributed by atoms with Gasteiger partial charge in [-0.15, -0.1) is 0 Å². The Morgan fingerprint density at radius 3 is 1.34 bits per heavy atom. The minimum absolute atomic E-state index is 0.116. The first kappa shape index (κ1) is 21.7. The Labute approximate surface area is 176 Å². The molecule has 0 spiro atoms. The van der Waals surface area contributed by atoms with Crippen LogP contribution in [0.5, 0.6) is 0 Å². The van der Waals surface area contributed by atoms with Crippen molar-refractivity contribution in [3.05, 3.63) is 91.0 Å². The van der Waals surface area contributed by atoms with E-state index in [4.69, 9.17) is 9.47 Å². The van der Waals surface area contributed by atoms with Crippen LogP contribution >= 0.6 is 7.26 Å². The van der Waals surface area contributed by atoms with Crippen LogP contribution in [0.4, 0.5) is 0 Å². The molecule has 0 heterocycles. The van der Waals surface area contributed by atoms with Gasteiger partial charge in [-0.3, -0.25) is 0 Å². The quantitative estimate of drug-likeness (QED) is 0.323. The van der Waals surface area contributed by atoms with Crippen molar-refractivity contribution in [2.24, 2.45) is 0 Å². The highest BCUT2D eigenvalue weighted by molar-refractivity contribution is 7.95. The predicted molar refractivity (Wildman–Crippen MR) is 126 cm³/mol. The fraction of sp³-hybridized carbons (Fsp3) is 0.308. The Bertz CT molecular complexity index is 718. The zero-order valence-electron chi connectivity index (χ0n) is 17.5. The second-order valence-electron chi connectivity index (χ2n) is 7.02. The summed E-state index contributed by atoms with van der Waals surface area (Å²) in [4.78, 5) is 0. The van der Waals surface area contributed by atoms with E-state index < -0.39 is 7.26 Å². The zero-order valence-corrected chi connectivity index (χ0v) is 18.4. The number of hydrogen-bond donors (Lipinski definition) is 0. The molecule has 0 radical (unpaired) electrons. The van der Waals surface area contributed by atoms with Gasteiger partial charge in [-0.1, -0.05) is 54.6 Å². The van der Waals surface area contributed by atoms with Crippen LogP contribution < -0.4 is 15.9 Å². The highest BCUT2D eigenvalue weighted by Gasteiger charge is 2.44. The normalized spacial score (nSPS) is 11.7.